The van der Waals surface area contributed by atoms with Crippen LogP contribution in [-0.4, -0.2) is 5.91 Å². The molecular weight excluding hydrogens is 442 g/mol. The van der Waals surface area contributed by atoms with E-state index in [1.165, 1.54) is 5.56 Å². The second-order valence-corrected chi connectivity index (χ2v) is 8.24. The van der Waals surface area contributed by atoms with Crippen molar-refractivity contribution in [3.8, 4) is 0 Å². The molecule has 148 valence electrons. The third-order valence-electron chi connectivity index (χ3n) is 5.57. The zero-order valence-corrected chi connectivity index (χ0v) is 17.8. The fraction of sp³-hybridized carbons (Fsp3) is 0.120. The lowest BCUT2D eigenvalue weighted by atomic mass is 9.98. The van der Waals surface area contributed by atoms with E-state index in [-0.39, 0.29) is 17.1 Å². The van der Waals surface area contributed by atoms with Crippen LogP contribution < -0.4 is 10.3 Å². The van der Waals surface area contributed by atoms with Crippen LogP contribution in [0.5, 0.6) is 0 Å². The fourth-order valence-corrected chi connectivity index (χ4v) is 4.42. The Morgan fingerprint density at radius 1 is 0.967 bits per heavy atom. The minimum absolute atomic E-state index is 0.114. The minimum Gasteiger partial charge on any atom is -0.450 e. The Labute approximate surface area is 181 Å². The summed E-state index contributed by atoms with van der Waals surface area (Å²) in [5.74, 6) is -0.187. The summed E-state index contributed by atoms with van der Waals surface area (Å²) in [7, 11) is 0. The van der Waals surface area contributed by atoms with Gasteiger partial charge >= 0.3 is 0 Å². The summed E-state index contributed by atoms with van der Waals surface area (Å²) in [6.07, 6.45) is 0.914. The van der Waals surface area contributed by atoms with Crippen molar-refractivity contribution in [1.29, 1.82) is 0 Å². The molecular formula is C25H18BrNO3. The number of amides is 1. The van der Waals surface area contributed by atoms with Crippen molar-refractivity contribution in [2.24, 2.45) is 0 Å². The molecule has 0 radical (unpaired) electrons. The molecule has 2 heterocycles. The zero-order chi connectivity index (χ0) is 20.8. The van der Waals surface area contributed by atoms with Gasteiger partial charge < -0.3 is 4.42 Å². The molecule has 30 heavy (non-hydrogen) atoms. The predicted octanol–water partition coefficient (Wildman–Crippen LogP) is 5.87. The van der Waals surface area contributed by atoms with Crippen LogP contribution >= 0.6 is 15.9 Å². The van der Waals surface area contributed by atoms with Crippen LogP contribution in [0.1, 0.15) is 40.2 Å². The quantitative estimate of drug-likeness (QED) is 0.385. The molecule has 4 aromatic rings. The van der Waals surface area contributed by atoms with Crippen LogP contribution in [0.2, 0.25) is 0 Å². The maximum atomic E-state index is 13.5. The second kappa shape index (κ2) is 7.26. The highest BCUT2D eigenvalue weighted by Gasteiger charge is 2.43. The predicted molar refractivity (Wildman–Crippen MR) is 121 cm³/mol. The van der Waals surface area contributed by atoms with Crippen molar-refractivity contribution in [3.05, 3.63) is 110 Å². The van der Waals surface area contributed by atoms with Crippen molar-refractivity contribution in [1.82, 2.24) is 0 Å². The summed E-state index contributed by atoms with van der Waals surface area (Å²) < 4.78 is 6.78. The number of nitrogens with zero attached hydrogens (tertiary/aromatic N) is 1. The van der Waals surface area contributed by atoms with Crippen molar-refractivity contribution in [3.63, 3.8) is 0 Å². The fourth-order valence-electron chi connectivity index (χ4n) is 4.05. The van der Waals surface area contributed by atoms with E-state index >= 15 is 0 Å². The van der Waals surface area contributed by atoms with Crippen molar-refractivity contribution in [2.75, 3.05) is 4.90 Å². The number of rotatable bonds is 3. The first kappa shape index (κ1) is 18.8. The first-order valence-electron chi connectivity index (χ1n) is 9.82. The summed E-state index contributed by atoms with van der Waals surface area (Å²) in [6, 6.07) is 22.2. The molecule has 1 aliphatic heterocycles. The third kappa shape index (κ3) is 2.89. The highest BCUT2D eigenvalue weighted by Crippen LogP contribution is 2.41. The van der Waals surface area contributed by atoms with Gasteiger partial charge in [-0.05, 0) is 47.9 Å². The minimum atomic E-state index is -0.541. The van der Waals surface area contributed by atoms with Crippen molar-refractivity contribution >= 4 is 38.5 Å². The Balaban J connectivity index is 1.79. The largest absolute Gasteiger partial charge is 0.450 e. The number of hydrogen-bond donors (Lipinski definition) is 0. The molecule has 0 bridgehead atoms. The number of fused-ring (bicyclic) bond motifs is 2. The summed E-state index contributed by atoms with van der Waals surface area (Å²) >= 11 is 3.42. The van der Waals surface area contributed by atoms with Crippen LogP contribution in [0.4, 0.5) is 5.69 Å². The summed E-state index contributed by atoms with van der Waals surface area (Å²) in [4.78, 5) is 28.7. The average molecular weight is 460 g/mol. The number of benzene rings is 3. The van der Waals surface area contributed by atoms with E-state index in [2.05, 4.69) is 22.9 Å². The van der Waals surface area contributed by atoms with Gasteiger partial charge in [-0.3, -0.25) is 14.5 Å². The van der Waals surface area contributed by atoms with E-state index < -0.39 is 6.04 Å². The maximum Gasteiger partial charge on any atom is 0.295 e. The SMILES string of the molecule is CCc1ccc(N2C(=O)c3oc4ccc(Br)cc4c(=O)c3C2c2ccccc2)cc1. The second-order valence-electron chi connectivity index (χ2n) is 7.32. The molecule has 3 aromatic carbocycles. The molecule has 0 spiro atoms. The summed E-state index contributed by atoms with van der Waals surface area (Å²) in [6.45, 7) is 2.09. The standard InChI is InChI=1S/C25H18BrNO3/c1-2-15-8-11-18(12-9-15)27-22(16-6-4-3-5-7-16)21-23(28)19-14-17(26)10-13-20(19)30-24(21)25(27)29/h3-14,22H,2H2,1H3. The smallest absolute Gasteiger partial charge is 0.295 e. The summed E-state index contributed by atoms with van der Waals surface area (Å²) in [5, 5.41) is 0.458. The summed E-state index contributed by atoms with van der Waals surface area (Å²) in [5.41, 5.74) is 3.40. The zero-order valence-electron chi connectivity index (χ0n) is 16.3. The molecule has 0 saturated heterocycles. The van der Waals surface area contributed by atoms with E-state index in [4.69, 9.17) is 4.42 Å². The highest BCUT2D eigenvalue weighted by molar-refractivity contribution is 9.10. The van der Waals surface area contributed by atoms with E-state index in [9.17, 15) is 9.59 Å². The molecule has 0 saturated carbocycles. The Bertz CT molecular complexity index is 1330. The van der Waals surface area contributed by atoms with Gasteiger partial charge in [0, 0.05) is 10.2 Å². The van der Waals surface area contributed by atoms with Gasteiger partial charge in [0.05, 0.1) is 17.0 Å². The molecule has 5 heteroatoms. The molecule has 0 fully saturated rings. The molecule has 0 N–H and O–H groups in total. The van der Waals surface area contributed by atoms with E-state index in [1.54, 1.807) is 23.1 Å². The van der Waals surface area contributed by atoms with Crippen LogP contribution in [0.25, 0.3) is 11.0 Å². The first-order chi connectivity index (χ1) is 14.6. The monoisotopic (exact) mass is 459 g/mol. The molecule has 0 aliphatic carbocycles. The lowest BCUT2D eigenvalue weighted by Crippen LogP contribution is -2.29. The Morgan fingerprint density at radius 3 is 2.40 bits per heavy atom. The molecule has 5 rings (SSSR count). The normalized spacial score (nSPS) is 15.6. The first-order valence-corrected chi connectivity index (χ1v) is 10.6. The average Bonchev–Trinajstić information content (AvgIpc) is 3.07. The molecule has 1 unspecified atom stereocenters. The molecule has 1 atom stereocenters. The van der Waals surface area contributed by atoms with Gasteiger partial charge in [-0.2, -0.15) is 0 Å². The Morgan fingerprint density at radius 2 is 1.70 bits per heavy atom. The van der Waals surface area contributed by atoms with Crippen LogP contribution in [0.3, 0.4) is 0 Å². The molecule has 1 amide bonds. The maximum absolute atomic E-state index is 13.5. The van der Waals surface area contributed by atoms with Gasteiger partial charge in [-0.1, -0.05) is 65.3 Å². The van der Waals surface area contributed by atoms with Crippen LogP contribution in [0, 0.1) is 0 Å². The number of aryl methyl sites for hydroxylation is 1. The Kier molecular flexibility index (Phi) is 4.55. The number of carbonyl (C=O) groups excluding carboxylic acids is 1. The van der Waals surface area contributed by atoms with Gasteiger partial charge in [0.15, 0.2) is 5.43 Å². The van der Waals surface area contributed by atoms with Crippen molar-refractivity contribution in [2.45, 2.75) is 19.4 Å². The highest BCUT2D eigenvalue weighted by atomic mass is 79.9. The number of anilines is 1. The number of halogens is 1. The Hall–Kier alpha value is -3.18. The van der Waals surface area contributed by atoms with Gasteiger partial charge in [-0.15, -0.1) is 0 Å². The van der Waals surface area contributed by atoms with Gasteiger partial charge in [0.2, 0.25) is 5.76 Å². The molecule has 1 aliphatic rings. The number of hydrogen-bond acceptors (Lipinski definition) is 3. The lowest BCUT2D eigenvalue weighted by Gasteiger charge is -2.25. The lowest BCUT2D eigenvalue weighted by molar-refractivity contribution is 0.0971. The van der Waals surface area contributed by atoms with Gasteiger partial charge in [0.1, 0.15) is 5.58 Å². The van der Waals surface area contributed by atoms with E-state index in [1.807, 2.05) is 54.6 Å². The van der Waals surface area contributed by atoms with Gasteiger partial charge in [0.25, 0.3) is 5.91 Å². The van der Waals surface area contributed by atoms with Crippen LogP contribution in [-0.2, 0) is 6.42 Å². The molecule has 4 nitrogen and oxygen atoms in total. The number of carbonyl (C=O) groups is 1. The van der Waals surface area contributed by atoms with E-state index in [0.717, 1.165) is 22.1 Å². The molecule has 1 aromatic heterocycles. The van der Waals surface area contributed by atoms with E-state index in [0.29, 0.717) is 16.5 Å². The third-order valence-corrected chi connectivity index (χ3v) is 6.06. The topological polar surface area (TPSA) is 50.5 Å². The van der Waals surface area contributed by atoms with Crippen LogP contribution in [0.15, 0.2) is 86.5 Å². The van der Waals surface area contributed by atoms with Gasteiger partial charge in [-0.25, -0.2) is 0 Å². The van der Waals surface area contributed by atoms with Crippen molar-refractivity contribution < 1.29 is 9.21 Å².